The zero-order valence-electron chi connectivity index (χ0n) is 10.6. The first-order valence-electron chi connectivity index (χ1n) is 5.92. The van der Waals surface area contributed by atoms with Gasteiger partial charge in [0.15, 0.2) is 0 Å². The summed E-state index contributed by atoms with van der Waals surface area (Å²) in [5, 5.41) is 4.70. The van der Waals surface area contributed by atoms with Gasteiger partial charge in [-0.25, -0.2) is 0 Å². The second-order valence-corrected chi connectivity index (χ2v) is 4.60. The van der Waals surface area contributed by atoms with E-state index in [2.05, 4.69) is 5.16 Å². The van der Waals surface area contributed by atoms with Crippen LogP contribution in [0.1, 0.15) is 18.1 Å². The van der Waals surface area contributed by atoms with Crippen molar-refractivity contribution in [2.45, 2.75) is 13.5 Å². The molecule has 0 heterocycles. The Hall–Kier alpha value is -2.00. The Labute approximate surface area is 117 Å². The summed E-state index contributed by atoms with van der Waals surface area (Å²) in [5.74, 6) is 0. The highest BCUT2D eigenvalue weighted by atomic mass is 35.5. The second kappa shape index (κ2) is 6.25. The lowest BCUT2D eigenvalue weighted by Crippen LogP contribution is -2.02. The van der Waals surface area contributed by atoms with Crippen molar-refractivity contribution < 1.29 is 4.84 Å². The van der Waals surface area contributed by atoms with Gasteiger partial charge in [-0.1, -0.05) is 47.1 Å². The maximum atomic E-state index is 5.94. The molecule has 0 aliphatic heterocycles. The molecule has 0 aliphatic rings. The monoisotopic (exact) mass is 274 g/mol. The van der Waals surface area contributed by atoms with Crippen molar-refractivity contribution in [3.05, 3.63) is 64.7 Å². The average molecular weight is 275 g/mol. The van der Waals surface area contributed by atoms with E-state index in [1.807, 2.05) is 37.3 Å². The van der Waals surface area contributed by atoms with Crippen molar-refractivity contribution in [2.75, 3.05) is 5.73 Å². The molecule has 0 unspecified atom stereocenters. The highest BCUT2D eigenvalue weighted by Crippen LogP contribution is 2.18. The minimum atomic E-state index is 0.429. The van der Waals surface area contributed by atoms with Crippen molar-refractivity contribution >= 4 is 23.0 Å². The number of halogens is 1. The van der Waals surface area contributed by atoms with E-state index in [0.717, 1.165) is 11.1 Å². The molecule has 98 valence electrons. The predicted octanol–water partition coefficient (Wildman–Crippen LogP) is 3.86. The van der Waals surface area contributed by atoms with Gasteiger partial charge in [-0.05, 0) is 30.7 Å². The summed E-state index contributed by atoms with van der Waals surface area (Å²) in [5.41, 5.74) is 9.08. The van der Waals surface area contributed by atoms with Crippen LogP contribution >= 0.6 is 11.6 Å². The minimum absolute atomic E-state index is 0.429. The van der Waals surface area contributed by atoms with E-state index in [0.29, 0.717) is 23.0 Å². The molecule has 0 bridgehead atoms. The first-order chi connectivity index (χ1) is 9.16. The molecule has 0 fully saturated rings. The molecule has 0 atom stereocenters. The molecule has 3 nitrogen and oxygen atoms in total. The molecule has 0 amide bonds. The van der Waals surface area contributed by atoms with Crippen LogP contribution in [-0.4, -0.2) is 5.71 Å². The summed E-state index contributed by atoms with van der Waals surface area (Å²) in [6, 6.07) is 15.1. The number of anilines is 1. The number of nitrogens with two attached hydrogens (primary N) is 1. The molecule has 19 heavy (non-hydrogen) atoms. The average Bonchev–Trinajstić information content (AvgIpc) is 2.42. The standard InChI is InChI=1S/C15H15ClN2O/c1-11(14-9-13(16)7-8-15(14)17)18-19-10-12-5-3-2-4-6-12/h2-9H,10,17H2,1H3/b18-11+. The van der Waals surface area contributed by atoms with Gasteiger partial charge in [0.2, 0.25) is 0 Å². The van der Waals surface area contributed by atoms with E-state index in [-0.39, 0.29) is 0 Å². The highest BCUT2D eigenvalue weighted by molar-refractivity contribution is 6.31. The van der Waals surface area contributed by atoms with E-state index >= 15 is 0 Å². The fraction of sp³-hybridized carbons (Fsp3) is 0.133. The van der Waals surface area contributed by atoms with Crippen molar-refractivity contribution in [2.24, 2.45) is 5.16 Å². The molecule has 2 rings (SSSR count). The number of benzene rings is 2. The lowest BCUT2D eigenvalue weighted by molar-refractivity contribution is 0.130. The third kappa shape index (κ3) is 3.73. The Bertz CT molecular complexity index is 582. The van der Waals surface area contributed by atoms with Gasteiger partial charge in [0, 0.05) is 16.3 Å². The number of oxime groups is 1. The lowest BCUT2D eigenvalue weighted by Gasteiger charge is -2.06. The van der Waals surface area contributed by atoms with Crippen LogP contribution in [0.3, 0.4) is 0 Å². The van der Waals surface area contributed by atoms with Gasteiger partial charge in [-0.2, -0.15) is 0 Å². The largest absolute Gasteiger partial charge is 0.398 e. The molecule has 2 aromatic rings. The summed E-state index contributed by atoms with van der Waals surface area (Å²) in [4.78, 5) is 5.32. The summed E-state index contributed by atoms with van der Waals surface area (Å²) in [6.07, 6.45) is 0. The maximum absolute atomic E-state index is 5.94. The van der Waals surface area contributed by atoms with Crippen LogP contribution in [0.2, 0.25) is 5.02 Å². The molecule has 0 aliphatic carbocycles. The molecule has 0 saturated heterocycles. The number of hydrogen-bond acceptors (Lipinski definition) is 3. The number of nitrogen functional groups attached to an aromatic ring is 1. The van der Waals surface area contributed by atoms with Gasteiger partial charge in [0.25, 0.3) is 0 Å². The third-order valence-corrected chi connectivity index (χ3v) is 2.92. The summed E-state index contributed by atoms with van der Waals surface area (Å²) >= 11 is 5.94. The van der Waals surface area contributed by atoms with Crippen molar-refractivity contribution in [1.29, 1.82) is 0 Å². The zero-order chi connectivity index (χ0) is 13.7. The van der Waals surface area contributed by atoms with E-state index in [9.17, 15) is 0 Å². The van der Waals surface area contributed by atoms with E-state index in [4.69, 9.17) is 22.2 Å². The molecule has 2 aromatic carbocycles. The first-order valence-corrected chi connectivity index (χ1v) is 6.30. The van der Waals surface area contributed by atoms with Crippen LogP contribution < -0.4 is 5.73 Å². The second-order valence-electron chi connectivity index (χ2n) is 4.17. The number of nitrogens with zero attached hydrogens (tertiary/aromatic N) is 1. The lowest BCUT2D eigenvalue weighted by atomic mass is 10.1. The molecular weight excluding hydrogens is 260 g/mol. The normalized spacial score (nSPS) is 11.4. The van der Waals surface area contributed by atoms with Crippen LogP contribution in [0.25, 0.3) is 0 Å². The van der Waals surface area contributed by atoms with E-state index < -0.39 is 0 Å². The van der Waals surface area contributed by atoms with Crippen LogP contribution in [0.5, 0.6) is 0 Å². The van der Waals surface area contributed by atoms with Gasteiger partial charge in [0.05, 0.1) is 5.71 Å². The van der Waals surface area contributed by atoms with E-state index in [1.165, 1.54) is 0 Å². The molecule has 4 heteroatoms. The Morgan fingerprint density at radius 2 is 1.95 bits per heavy atom. The summed E-state index contributed by atoms with van der Waals surface area (Å²) < 4.78 is 0. The van der Waals surface area contributed by atoms with Crippen molar-refractivity contribution in [3.8, 4) is 0 Å². The Balaban J connectivity index is 2.05. The molecule has 0 radical (unpaired) electrons. The highest BCUT2D eigenvalue weighted by Gasteiger charge is 2.04. The molecular formula is C15H15ClN2O. The predicted molar refractivity (Wildman–Crippen MR) is 79.3 cm³/mol. The maximum Gasteiger partial charge on any atom is 0.142 e. The number of rotatable bonds is 4. The van der Waals surface area contributed by atoms with Crippen LogP contribution in [0.4, 0.5) is 5.69 Å². The van der Waals surface area contributed by atoms with E-state index in [1.54, 1.807) is 18.2 Å². The molecule has 0 saturated carbocycles. The summed E-state index contributed by atoms with van der Waals surface area (Å²) in [7, 11) is 0. The molecule has 0 spiro atoms. The molecule has 2 N–H and O–H groups in total. The van der Waals surface area contributed by atoms with Crippen molar-refractivity contribution in [3.63, 3.8) is 0 Å². The van der Waals surface area contributed by atoms with Crippen LogP contribution in [0, 0.1) is 0 Å². The Morgan fingerprint density at radius 3 is 2.68 bits per heavy atom. The first kappa shape index (κ1) is 13.4. The fourth-order valence-electron chi connectivity index (χ4n) is 1.67. The minimum Gasteiger partial charge on any atom is -0.398 e. The van der Waals surface area contributed by atoms with Crippen LogP contribution in [0.15, 0.2) is 53.7 Å². The Morgan fingerprint density at radius 1 is 1.21 bits per heavy atom. The fourth-order valence-corrected chi connectivity index (χ4v) is 1.84. The van der Waals surface area contributed by atoms with Crippen molar-refractivity contribution in [1.82, 2.24) is 0 Å². The van der Waals surface area contributed by atoms with Crippen LogP contribution in [-0.2, 0) is 11.4 Å². The van der Waals surface area contributed by atoms with Gasteiger partial charge in [0.1, 0.15) is 6.61 Å². The van der Waals surface area contributed by atoms with Gasteiger partial charge >= 0.3 is 0 Å². The van der Waals surface area contributed by atoms with Gasteiger partial charge in [-0.3, -0.25) is 0 Å². The zero-order valence-corrected chi connectivity index (χ0v) is 11.4. The van der Waals surface area contributed by atoms with Gasteiger partial charge in [-0.15, -0.1) is 0 Å². The SMILES string of the molecule is C/C(=N\OCc1ccccc1)c1cc(Cl)ccc1N. The number of hydrogen-bond donors (Lipinski definition) is 1. The molecule has 0 aromatic heterocycles. The van der Waals surface area contributed by atoms with Gasteiger partial charge < -0.3 is 10.6 Å². The topological polar surface area (TPSA) is 47.6 Å². The summed E-state index contributed by atoms with van der Waals surface area (Å²) in [6.45, 7) is 2.27. The Kier molecular flexibility index (Phi) is 4.42. The smallest absolute Gasteiger partial charge is 0.142 e. The third-order valence-electron chi connectivity index (χ3n) is 2.68. The quantitative estimate of drug-likeness (QED) is 0.523.